The minimum atomic E-state index is -0.555. The molecule has 0 radical (unpaired) electrons. The molecule has 1 saturated carbocycles. The highest BCUT2D eigenvalue weighted by molar-refractivity contribution is 6.10. The molecule has 40 heavy (non-hydrogen) atoms. The number of nitriles is 1. The summed E-state index contributed by atoms with van der Waals surface area (Å²) < 4.78 is 19.1. The number of imidazole rings is 1. The lowest BCUT2D eigenvalue weighted by Gasteiger charge is -2.43. The Hall–Kier alpha value is -4.26. The Morgan fingerprint density at radius 2 is 1.95 bits per heavy atom. The summed E-state index contributed by atoms with van der Waals surface area (Å²) in [6, 6.07) is 15.7. The predicted molar refractivity (Wildman–Crippen MR) is 153 cm³/mol. The second kappa shape index (κ2) is 8.37. The third-order valence-corrected chi connectivity index (χ3v) is 9.26. The Labute approximate surface area is 230 Å². The number of hydrogen-bond donors (Lipinski definition) is 2. The van der Waals surface area contributed by atoms with E-state index in [4.69, 9.17) is 9.97 Å². The van der Waals surface area contributed by atoms with E-state index in [0.29, 0.717) is 34.8 Å². The van der Waals surface area contributed by atoms with Crippen LogP contribution in [0.5, 0.6) is 5.75 Å². The van der Waals surface area contributed by atoms with Gasteiger partial charge >= 0.3 is 0 Å². The SMILES string of the molecule is CN(C)C1CN(c2nc3c(F)c(-c4cc(O)cc5ccccc45)c(C#N)cc3c3c2ncn3[C@H]2[C@H]3CN[C@@H]2C3)C1. The molecule has 1 aliphatic carbocycles. The van der Waals surface area contributed by atoms with E-state index in [9.17, 15) is 10.4 Å². The number of rotatable bonds is 4. The van der Waals surface area contributed by atoms with Gasteiger partial charge in [-0.3, -0.25) is 0 Å². The van der Waals surface area contributed by atoms with Gasteiger partial charge in [-0.05, 0) is 61.0 Å². The van der Waals surface area contributed by atoms with E-state index < -0.39 is 5.82 Å². The maximum absolute atomic E-state index is 16.9. The van der Waals surface area contributed by atoms with Crippen LogP contribution in [-0.2, 0) is 0 Å². The van der Waals surface area contributed by atoms with Gasteiger partial charge < -0.3 is 24.8 Å². The Kier molecular flexibility index (Phi) is 4.94. The van der Waals surface area contributed by atoms with Crippen molar-refractivity contribution in [3.8, 4) is 22.9 Å². The molecule has 3 atom stereocenters. The lowest BCUT2D eigenvalue weighted by atomic mass is 9.80. The minimum Gasteiger partial charge on any atom is -0.508 e. The van der Waals surface area contributed by atoms with Gasteiger partial charge in [0, 0.05) is 42.7 Å². The van der Waals surface area contributed by atoms with Crippen LogP contribution < -0.4 is 10.2 Å². The van der Waals surface area contributed by atoms with Gasteiger partial charge in [-0.25, -0.2) is 14.4 Å². The van der Waals surface area contributed by atoms with Crippen molar-refractivity contribution < 1.29 is 9.50 Å². The first-order chi connectivity index (χ1) is 19.4. The predicted octanol–water partition coefficient (Wildman–Crippen LogP) is 4.40. The van der Waals surface area contributed by atoms with Crippen molar-refractivity contribution in [2.45, 2.75) is 24.5 Å². The number of pyridine rings is 1. The van der Waals surface area contributed by atoms with Crippen LogP contribution in [0.25, 0.3) is 43.8 Å². The summed E-state index contributed by atoms with van der Waals surface area (Å²) in [5.41, 5.74) is 2.64. The fourth-order valence-electron chi connectivity index (χ4n) is 7.00. The maximum atomic E-state index is 16.9. The highest BCUT2D eigenvalue weighted by Gasteiger charge is 2.48. The van der Waals surface area contributed by atoms with Crippen molar-refractivity contribution >= 4 is 38.5 Å². The average molecular weight is 534 g/mol. The third-order valence-electron chi connectivity index (χ3n) is 9.26. The number of fused-ring (bicyclic) bond motifs is 5. The molecular weight excluding hydrogens is 505 g/mol. The Morgan fingerprint density at radius 3 is 2.67 bits per heavy atom. The molecule has 8 nitrogen and oxygen atoms in total. The first kappa shape index (κ1) is 23.6. The van der Waals surface area contributed by atoms with Crippen LogP contribution in [0.15, 0.2) is 48.8 Å². The van der Waals surface area contributed by atoms with E-state index in [1.165, 1.54) is 6.07 Å². The van der Waals surface area contributed by atoms with Gasteiger partial charge in [0.1, 0.15) is 16.8 Å². The lowest BCUT2D eigenvalue weighted by molar-refractivity contribution is 0.225. The van der Waals surface area contributed by atoms with Crippen molar-refractivity contribution in [1.29, 1.82) is 5.26 Å². The summed E-state index contributed by atoms with van der Waals surface area (Å²) in [5.74, 6) is 0.645. The molecule has 0 spiro atoms. The van der Waals surface area contributed by atoms with Gasteiger partial charge in [0.05, 0.1) is 29.5 Å². The first-order valence-corrected chi connectivity index (χ1v) is 13.7. The lowest BCUT2D eigenvalue weighted by Crippen LogP contribution is -2.57. The topological polar surface area (TPSA) is 93.2 Å². The molecule has 2 aromatic heterocycles. The molecule has 5 heterocycles. The summed E-state index contributed by atoms with van der Waals surface area (Å²) in [7, 11) is 4.13. The van der Waals surface area contributed by atoms with E-state index in [2.05, 4.69) is 39.8 Å². The largest absolute Gasteiger partial charge is 0.508 e. The van der Waals surface area contributed by atoms with Crippen LogP contribution in [-0.4, -0.2) is 70.4 Å². The van der Waals surface area contributed by atoms with Crippen molar-refractivity contribution in [3.05, 3.63) is 60.2 Å². The molecule has 2 N–H and O–H groups in total. The van der Waals surface area contributed by atoms with Crippen LogP contribution in [0.2, 0.25) is 0 Å². The normalized spacial score (nSPS) is 22.3. The molecule has 3 aromatic carbocycles. The molecule has 5 aromatic rings. The highest BCUT2D eigenvalue weighted by Crippen LogP contribution is 2.47. The number of anilines is 1. The first-order valence-electron chi connectivity index (χ1n) is 13.7. The molecule has 3 aliphatic heterocycles. The van der Waals surface area contributed by atoms with Crippen molar-refractivity contribution in [3.63, 3.8) is 0 Å². The molecule has 0 unspecified atom stereocenters. The number of benzene rings is 3. The van der Waals surface area contributed by atoms with Crippen LogP contribution in [0.1, 0.15) is 18.0 Å². The summed E-state index contributed by atoms with van der Waals surface area (Å²) in [6.45, 7) is 2.53. The summed E-state index contributed by atoms with van der Waals surface area (Å²) in [6.07, 6.45) is 3.00. The highest BCUT2D eigenvalue weighted by atomic mass is 19.1. The van der Waals surface area contributed by atoms with E-state index in [1.807, 2.05) is 30.6 Å². The molecule has 4 aliphatic rings. The van der Waals surface area contributed by atoms with Crippen LogP contribution >= 0.6 is 0 Å². The number of phenols is 1. The second-order valence-corrected chi connectivity index (χ2v) is 11.6. The molecule has 0 amide bonds. The summed E-state index contributed by atoms with van der Waals surface area (Å²) >= 11 is 0. The van der Waals surface area contributed by atoms with E-state index >= 15 is 4.39 Å². The van der Waals surface area contributed by atoms with E-state index in [0.717, 1.165) is 47.9 Å². The zero-order valence-corrected chi connectivity index (χ0v) is 22.3. The van der Waals surface area contributed by atoms with Crippen LogP contribution in [0, 0.1) is 23.1 Å². The van der Waals surface area contributed by atoms with Crippen LogP contribution in [0.4, 0.5) is 10.2 Å². The van der Waals surface area contributed by atoms with Gasteiger partial charge in [0.2, 0.25) is 0 Å². The number of nitrogens with zero attached hydrogens (tertiary/aromatic N) is 6. The van der Waals surface area contributed by atoms with Gasteiger partial charge in [0.15, 0.2) is 11.6 Å². The summed E-state index contributed by atoms with van der Waals surface area (Å²) in [4.78, 5) is 14.1. The molecule has 3 saturated heterocycles. The average Bonchev–Trinajstić information content (AvgIpc) is 3.65. The van der Waals surface area contributed by atoms with Crippen LogP contribution in [0.3, 0.4) is 0 Å². The zero-order valence-electron chi connectivity index (χ0n) is 22.3. The smallest absolute Gasteiger partial charge is 0.158 e. The fourth-order valence-corrected chi connectivity index (χ4v) is 7.00. The number of aromatic hydroxyl groups is 1. The van der Waals surface area contributed by atoms with E-state index in [1.54, 1.807) is 12.1 Å². The molecule has 4 fully saturated rings. The number of hydrogen-bond acceptors (Lipinski definition) is 7. The molecular formula is C31H28FN7O. The van der Waals surface area contributed by atoms with Crippen molar-refractivity contribution in [1.82, 2.24) is 24.8 Å². The second-order valence-electron chi connectivity index (χ2n) is 11.6. The fraction of sp³-hybridized carbons (Fsp3) is 0.323. The number of phenolic OH excluding ortho intramolecular Hbond substituents is 1. The van der Waals surface area contributed by atoms with Gasteiger partial charge in [-0.2, -0.15) is 5.26 Å². The maximum Gasteiger partial charge on any atom is 0.158 e. The minimum absolute atomic E-state index is 0.0162. The Balaban J connectivity index is 1.43. The Morgan fingerprint density at radius 1 is 1.12 bits per heavy atom. The molecule has 9 heteroatoms. The monoisotopic (exact) mass is 533 g/mol. The molecule has 200 valence electrons. The summed E-state index contributed by atoms with van der Waals surface area (Å²) in [5, 5.41) is 26.5. The third kappa shape index (κ3) is 3.17. The standard InChI is InChI=1S/C31H28FN7O/c1-37(2)19-13-38(14-19)31-28-30(39(15-35-28)29-18-9-24(29)34-12-18)23-8-17(11-33)25(26(32)27(23)36-31)22-10-20(40)7-16-5-3-4-6-21(16)22/h3-8,10,15,18-19,24,29,34,40H,9,12-14H2,1-2H3/t18-,24-,29+/m1/s1. The zero-order chi connectivity index (χ0) is 27.3. The number of aromatic nitrogens is 3. The molecule has 9 rings (SSSR count). The van der Waals surface area contributed by atoms with Gasteiger partial charge in [-0.1, -0.05) is 24.3 Å². The van der Waals surface area contributed by atoms with Gasteiger partial charge in [-0.15, -0.1) is 0 Å². The Bertz CT molecular complexity index is 1890. The number of likely N-dealkylation sites (N-methyl/N-ethyl adjacent to an activating group) is 1. The van der Waals surface area contributed by atoms with E-state index in [-0.39, 0.29) is 28.4 Å². The van der Waals surface area contributed by atoms with Crippen molar-refractivity contribution in [2.24, 2.45) is 5.92 Å². The van der Waals surface area contributed by atoms with Crippen molar-refractivity contribution in [2.75, 3.05) is 38.6 Å². The quantitative estimate of drug-likeness (QED) is 0.354. The van der Waals surface area contributed by atoms with Gasteiger partial charge in [0.25, 0.3) is 0 Å². The number of nitrogens with one attached hydrogen (secondary N) is 1. The molecule has 2 bridgehead atoms. The number of halogens is 1.